The average molecular weight is 351 g/mol. The molecule has 1 N–H and O–H groups in total. The summed E-state index contributed by atoms with van der Waals surface area (Å²) >= 11 is 0. The number of nitrogens with zero attached hydrogens (tertiary/aromatic N) is 2. The number of piperidine rings is 1. The highest BCUT2D eigenvalue weighted by atomic mass is 16.2. The van der Waals surface area contributed by atoms with Crippen LogP contribution in [0.2, 0.25) is 0 Å². The number of amides is 2. The van der Waals surface area contributed by atoms with Crippen molar-refractivity contribution in [1.29, 1.82) is 0 Å². The van der Waals surface area contributed by atoms with Gasteiger partial charge in [0, 0.05) is 18.8 Å². The Labute approximate surface area is 154 Å². The summed E-state index contributed by atoms with van der Waals surface area (Å²) in [5.74, 6) is 0.0989. The molecular formula is C21H25N3O2. The van der Waals surface area contributed by atoms with Crippen molar-refractivity contribution in [3.63, 3.8) is 0 Å². The van der Waals surface area contributed by atoms with Crippen LogP contribution >= 0.6 is 0 Å². The van der Waals surface area contributed by atoms with E-state index in [2.05, 4.69) is 17.2 Å². The molecule has 1 aromatic heterocycles. The largest absolute Gasteiger partial charge is 0.337 e. The predicted molar refractivity (Wildman–Crippen MR) is 102 cm³/mol. The molecule has 0 bridgehead atoms. The zero-order chi connectivity index (χ0) is 18.7. The van der Waals surface area contributed by atoms with E-state index in [4.69, 9.17) is 0 Å². The van der Waals surface area contributed by atoms with Gasteiger partial charge in [0.2, 0.25) is 0 Å². The van der Waals surface area contributed by atoms with E-state index in [9.17, 15) is 9.59 Å². The van der Waals surface area contributed by atoms with Gasteiger partial charge in [0.1, 0.15) is 11.4 Å². The number of carbonyl (C=O) groups is 2. The normalized spacial score (nSPS) is 17.0. The molecule has 0 spiro atoms. The molecule has 1 aliphatic rings. The number of aromatic nitrogens is 1. The van der Waals surface area contributed by atoms with Gasteiger partial charge in [0.05, 0.1) is 0 Å². The Bertz CT molecular complexity index is 832. The maximum atomic E-state index is 12.7. The van der Waals surface area contributed by atoms with Crippen LogP contribution in [0.15, 0.2) is 36.4 Å². The van der Waals surface area contributed by atoms with Crippen LogP contribution in [-0.4, -0.2) is 34.8 Å². The van der Waals surface area contributed by atoms with Crippen molar-refractivity contribution in [2.24, 2.45) is 5.92 Å². The van der Waals surface area contributed by atoms with Gasteiger partial charge in [-0.15, -0.1) is 0 Å². The summed E-state index contributed by atoms with van der Waals surface area (Å²) in [6.07, 6.45) is 2.16. The van der Waals surface area contributed by atoms with Crippen molar-refractivity contribution in [2.45, 2.75) is 33.6 Å². The molecule has 1 aliphatic heterocycles. The third kappa shape index (κ3) is 3.93. The molecule has 0 saturated carbocycles. The summed E-state index contributed by atoms with van der Waals surface area (Å²) in [6.45, 7) is 7.63. The first-order valence-electron chi connectivity index (χ1n) is 9.09. The summed E-state index contributed by atoms with van der Waals surface area (Å²) in [7, 11) is 0. The number of hydrogen-bond donors (Lipinski definition) is 1. The number of pyridine rings is 1. The molecule has 0 radical (unpaired) electrons. The van der Waals surface area contributed by atoms with Crippen molar-refractivity contribution < 1.29 is 9.59 Å². The molecule has 26 heavy (non-hydrogen) atoms. The van der Waals surface area contributed by atoms with E-state index >= 15 is 0 Å². The zero-order valence-electron chi connectivity index (χ0n) is 15.6. The minimum absolute atomic E-state index is 0.0991. The lowest BCUT2D eigenvalue weighted by molar-refractivity contribution is 0.0677. The minimum atomic E-state index is -0.305. The second-order valence-corrected chi connectivity index (χ2v) is 7.11. The van der Waals surface area contributed by atoms with Gasteiger partial charge in [-0.25, -0.2) is 4.98 Å². The number of rotatable bonds is 3. The zero-order valence-corrected chi connectivity index (χ0v) is 15.6. The predicted octanol–water partition coefficient (Wildman–Crippen LogP) is 3.82. The summed E-state index contributed by atoms with van der Waals surface area (Å²) < 4.78 is 0. The molecule has 2 amide bonds. The van der Waals surface area contributed by atoms with Gasteiger partial charge < -0.3 is 10.2 Å². The van der Waals surface area contributed by atoms with E-state index in [1.807, 2.05) is 36.9 Å². The molecule has 1 atom stereocenters. The number of anilines is 1. The Balaban J connectivity index is 1.77. The second-order valence-electron chi connectivity index (χ2n) is 7.11. The smallest absolute Gasteiger partial charge is 0.274 e. The van der Waals surface area contributed by atoms with Crippen LogP contribution in [-0.2, 0) is 0 Å². The fourth-order valence-corrected chi connectivity index (χ4v) is 3.29. The molecular weight excluding hydrogens is 326 g/mol. The molecule has 136 valence electrons. The first kappa shape index (κ1) is 18.1. The van der Waals surface area contributed by atoms with Gasteiger partial charge >= 0.3 is 0 Å². The number of nitrogens with one attached hydrogen (secondary N) is 1. The standard InChI is InChI=1S/C21H25N3O2/c1-14-7-6-12-24(13-14)21(26)19-11-5-10-18(22-19)20(25)23-17-9-4-8-15(2)16(17)3/h4-5,8-11,14H,6-7,12-13H2,1-3H3,(H,23,25). The lowest BCUT2D eigenvalue weighted by Gasteiger charge is -2.30. The molecule has 1 unspecified atom stereocenters. The van der Waals surface area contributed by atoms with E-state index in [1.54, 1.807) is 18.2 Å². The third-order valence-corrected chi connectivity index (χ3v) is 5.00. The van der Waals surface area contributed by atoms with Crippen LogP contribution in [0.5, 0.6) is 0 Å². The summed E-state index contributed by atoms with van der Waals surface area (Å²) in [6, 6.07) is 10.8. The lowest BCUT2D eigenvalue weighted by Crippen LogP contribution is -2.39. The first-order valence-corrected chi connectivity index (χ1v) is 9.09. The van der Waals surface area contributed by atoms with Crippen LogP contribution in [0, 0.1) is 19.8 Å². The van der Waals surface area contributed by atoms with Crippen LogP contribution in [0.3, 0.4) is 0 Å². The number of hydrogen-bond acceptors (Lipinski definition) is 3. The van der Waals surface area contributed by atoms with Gasteiger partial charge in [-0.3, -0.25) is 9.59 Å². The maximum absolute atomic E-state index is 12.7. The Hall–Kier alpha value is -2.69. The maximum Gasteiger partial charge on any atom is 0.274 e. The second kappa shape index (κ2) is 7.68. The van der Waals surface area contributed by atoms with Gasteiger partial charge in [-0.05, 0) is 61.9 Å². The van der Waals surface area contributed by atoms with Crippen LogP contribution in [0.25, 0.3) is 0 Å². The molecule has 1 fully saturated rings. The van der Waals surface area contributed by atoms with Crippen LogP contribution < -0.4 is 5.32 Å². The van der Waals surface area contributed by atoms with Crippen LogP contribution in [0.1, 0.15) is 51.9 Å². The molecule has 1 saturated heterocycles. The Kier molecular flexibility index (Phi) is 5.35. The third-order valence-electron chi connectivity index (χ3n) is 5.00. The van der Waals surface area contributed by atoms with Gasteiger partial charge in [0.15, 0.2) is 0 Å². The van der Waals surface area contributed by atoms with Crippen LogP contribution in [0.4, 0.5) is 5.69 Å². The van der Waals surface area contributed by atoms with Crippen molar-refractivity contribution in [3.05, 3.63) is 58.9 Å². The van der Waals surface area contributed by atoms with E-state index in [1.165, 1.54) is 0 Å². The molecule has 1 aromatic carbocycles. The highest BCUT2D eigenvalue weighted by Crippen LogP contribution is 2.20. The monoisotopic (exact) mass is 351 g/mol. The van der Waals surface area contributed by atoms with E-state index in [0.717, 1.165) is 42.7 Å². The molecule has 3 rings (SSSR count). The quantitative estimate of drug-likeness (QED) is 0.914. The topological polar surface area (TPSA) is 62.3 Å². The highest BCUT2D eigenvalue weighted by molar-refractivity contribution is 6.04. The molecule has 2 aromatic rings. The fraction of sp³-hybridized carbons (Fsp3) is 0.381. The molecule has 5 heteroatoms. The number of carbonyl (C=O) groups excluding carboxylic acids is 2. The van der Waals surface area contributed by atoms with Crippen molar-refractivity contribution in [2.75, 3.05) is 18.4 Å². The SMILES string of the molecule is Cc1cccc(NC(=O)c2cccc(C(=O)N3CCCC(C)C3)n2)c1C. The van der Waals surface area contributed by atoms with Crippen molar-refractivity contribution >= 4 is 17.5 Å². The molecule has 0 aliphatic carbocycles. The number of aryl methyl sites for hydroxylation is 1. The Morgan fingerprint density at radius 3 is 2.62 bits per heavy atom. The minimum Gasteiger partial charge on any atom is -0.337 e. The lowest BCUT2D eigenvalue weighted by atomic mass is 10.00. The fourth-order valence-electron chi connectivity index (χ4n) is 3.29. The summed E-state index contributed by atoms with van der Waals surface area (Å²) in [4.78, 5) is 31.4. The van der Waals surface area contributed by atoms with E-state index in [-0.39, 0.29) is 17.5 Å². The average Bonchev–Trinajstić information content (AvgIpc) is 2.65. The number of likely N-dealkylation sites (tertiary alicyclic amines) is 1. The summed E-state index contributed by atoms with van der Waals surface area (Å²) in [5, 5.41) is 2.89. The van der Waals surface area contributed by atoms with Crippen molar-refractivity contribution in [1.82, 2.24) is 9.88 Å². The number of benzene rings is 1. The van der Waals surface area contributed by atoms with E-state index in [0.29, 0.717) is 11.6 Å². The Morgan fingerprint density at radius 2 is 1.85 bits per heavy atom. The van der Waals surface area contributed by atoms with Gasteiger partial charge in [-0.2, -0.15) is 0 Å². The Morgan fingerprint density at radius 1 is 1.12 bits per heavy atom. The molecule has 2 heterocycles. The van der Waals surface area contributed by atoms with Gasteiger partial charge in [-0.1, -0.05) is 25.1 Å². The van der Waals surface area contributed by atoms with E-state index < -0.39 is 0 Å². The summed E-state index contributed by atoms with van der Waals surface area (Å²) in [5.41, 5.74) is 3.47. The van der Waals surface area contributed by atoms with Gasteiger partial charge in [0.25, 0.3) is 11.8 Å². The highest BCUT2D eigenvalue weighted by Gasteiger charge is 2.23. The van der Waals surface area contributed by atoms with Crippen molar-refractivity contribution in [3.8, 4) is 0 Å². The molecule has 5 nitrogen and oxygen atoms in total. The first-order chi connectivity index (χ1) is 12.5.